The first-order valence-electron chi connectivity index (χ1n) is 4.30. The summed E-state index contributed by atoms with van der Waals surface area (Å²) in [5, 5.41) is 4.18. The Kier molecular flexibility index (Phi) is 2.58. The van der Waals surface area contributed by atoms with Crippen molar-refractivity contribution in [3.8, 4) is 11.3 Å². The summed E-state index contributed by atoms with van der Waals surface area (Å²) in [7, 11) is 0. The normalized spacial score (nSPS) is 10.4. The van der Waals surface area contributed by atoms with E-state index in [1.807, 2.05) is 23.9 Å². The first-order valence-corrected chi connectivity index (χ1v) is 5.09. The Morgan fingerprint density at radius 2 is 2.29 bits per heavy atom. The lowest BCUT2D eigenvalue weighted by Crippen LogP contribution is -1.92. The first-order chi connectivity index (χ1) is 6.79. The number of aryl methyl sites for hydroxylation is 1. The highest BCUT2D eigenvalue weighted by atomic mass is 79.9. The topological polar surface area (TPSA) is 43.6 Å². The van der Waals surface area contributed by atoms with Gasteiger partial charge in [-0.3, -0.25) is 4.68 Å². The molecule has 0 bridgehead atoms. The monoisotopic (exact) mass is 252 g/mol. The summed E-state index contributed by atoms with van der Waals surface area (Å²) in [6.45, 7) is 2.92. The van der Waals surface area contributed by atoms with Gasteiger partial charge in [0.25, 0.3) is 0 Å². The fraction of sp³-hybridized carbons (Fsp3) is 0.222. The minimum Gasteiger partial charge on any atom is -0.272 e. The Morgan fingerprint density at radius 1 is 1.43 bits per heavy atom. The fourth-order valence-corrected chi connectivity index (χ4v) is 1.47. The lowest BCUT2D eigenvalue weighted by atomic mass is 10.2. The van der Waals surface area contributed by atoms with Gasteiger partial charge in [-0.2, -0.15) is 5.10 Å². The van der Waals surface area contributed by atoms with Crippen molar-refractivity contribution < 1.29 is 0 Å². The summed E-state index contributed by atoms with van der Waals surface area (Å²) in [4.78, 5) is 8.13. The van der Waals surface area contributed by atoms with E-state index in [4.69, 9.17) is 0 Å². The molecule has 0 aliphatic carbocycles. The summed E-state index contributed by atoms with van der Waals surface area (Å²) in [5.74, 6) is 0. The second kappa shape index (κ2) is 3.88. The Morgan fingerprint density at radius 3 is 2.93 bits per heavy atom. The van der Waals surface area contributed by atoms with Gasteiger partial charge < -0.3 is 0 Å². The molecule has 0 unspecified atom stereocenters. The Labute approximate surface area is 90.1 Å². The number of halogens is 1. The minimum absolute atomic E-state index is 0.784. The van der Waals surface area contributed by atoms with Gasteiger partial charge in [-0.05, 0) is 28.9 Å². The Balaban J connectivity index is 2.39. The third-order valence-electron chi connectivity index (χ3n) is 1.89. The van der Waals surface area contributed by atoms with Gasteiger partial charge in [0.15, 0.2) is 0 Å². The largest absolute Gasteiger partial charge is 0.272 e. The van der Waals surface area contributed by atoms with Gasteiger partial charge in [-0.25, -0.2) is 9.97 Å². The van der Waals surface area contributed by atoms with Crippen molar-refractivity contribution in [3.05, 3.63) is 29.4 Å². The van der Waals surface area contributed by atoms with Gasteiger partial charge in [0.05, 0.1) is 11.9 Å². The van der Waals surface area contributed by atoms with Crippen LogP contribution in [0.25, 0.3) is 11.3 Å². The van der Waals surface area contributed by atoms with Crippen LogP contribution in [0, 0.1) is 0 Å². The van der Waals surface area contributed by atoms with Crippen molar-refractivity contribution in [1.29, 1.82) is 0 Å². The van der Waals surface area contributed by atoms with E-state index in [2.05, 4.69) is 31.0 Å². The second-order valence-electron chi connectivity index (χ2n) is 2.81. The first kappa shape index (κ1) is 9.33. The number of hydrogen-bond donors (Lipinski definition) is 0. The van der Waals surface area contributed by atoms with Crippen molar-refractivity contribution in [2.24, 2.45) is 0 Å². The summed E-state index contributed by atoms with van der Waals surface area (Å²) >= 11 is 3.30. The predicted molar refractivity (Wildman–Crippen MR) is 56.6 cm³/mol. The zero-order valence-corrected chi connectivity index (χ0v) is 9.27. The van der Waals surface area contributed by atoms with E-state index < -0.39 is 0 Å². The zero-order valence-electron chi connectivity index (χ0n) is 7.68. The van der Waals surface area contributed by atoms with E-state index in [1.54, 1.807) is 6.20 Å². The highest BCUT2D eigenvalue weighted by Crippen LogP contribution is 2.17. The average molecular weight is 253 g/mol. The highest BCUT2D eigenvalue weighted by Gasteiger charge is 2.02. The van der Waals surface area contributed by atoms with Gasteiger partial charge in [0.1, 0.15) is 10.9 Å². The lowest BCUT2D eigenvalue weighted by molar-refractivity contribution is 0.660. The second-order valence-corrected chi connectivity index (χ2v) is 3.62. The van der Waals surface area contributed by atoms with Crippen LogP contribution in [0.3, 0.4) is 0 Å². The van der Waals surface area contributed by atoms with Gasteiger partial charge in [-0.1, -0.05) is 0 Å². The van der Waals surface area contributed by atoms with Crippen LogP contribution in [0.4, 0.5) is 0 Å². The van der Waals surface area contributed by atoms with Crippen molar-refractivity contribution in [2.45, 2.75) is 13.5 Å². The van der Waals surface area contributed by atoms with Crippen molar-refractivity contribution in [2.75, 3.05) is 0 Å². The predicted octanol–water partition coefficient (Wildman–Crippen LogP) is 2.12. The van der Waals surface area contributed by atoms with Crippen LogP contribution in [0.1, 0.15) is 6.92 Å². The molecule has 0 fully saturated rings. The molecule has 0 aliphatic heterocycles. The molecule has 0 spiro atoms. The van der Waals surface area contributed by atoms with Crippen LogP contribution in [0.5, 0.6) is 0 Å². The van der Waals surface area contributed by atoms with Crippen LogP contribution in [0.15, 0.2) is 29.4 Å². The standard InChI is InChI=1S/C9H9BrN4/c1-2-14-5-7(4-13-14)8-3-9(10)12-6-11-8/h3-6H,2H2,1H3. The number of rotatable bonds is 2. The van der Waals surface area contributed by atoms with Crippen LogP contribution in [0.2, 0.25) is 0 Å². The molecular formula is C9H9BrN4. The molecule has 2 aromatic heterocycles. The Hall–Kier alpha value is -1.23. The molecule has 0 N–H and O–H groups in total. The molecule has 0 amide bonds. The average Bonchev–Trinajstić information content (AvgIpc) is 2.66. The molecule has 2 rings (SSSR count). The molecule has 0 atom stereocenters. The molecule has 0 radical (unpaired) electrons. The van der Waals surface area contributed by atoms with Gasteiger partial charge in [-0.15, -0.1) is 0 Å². The molecule has 0 saturated heterocycles. The van der Waals surface area contributed by atoms with Crippen molar-refractivity contribution in [3.63, 3.8) is 0 Å². The van der Waals surface area contributed by atoms with E-state index in [-0.39, 0.29) is 0 Å². The number of aromatic nitrogens is 4. The lowest BCUT2D eigenvalue weighted by Gasteiger charge is -1.95. The fourth-order valence-electron chi connectivity index (χ4n) is 1.16. The molecule has 0 aromatic carbocycles. The van der Waals surface area contributed by atoms with Crippen LogP contribution < -0.4 is 0 Å². The smallest absolute Gasteiger partial charge is 0.117 e. The van der Waals surface area contributed by atoms with Gasteiger partial charge in [0, 0.05) is 18.3 Å². The molecule has 14 heavy (non-hydrogen) atoms. The molecule has 0 saturated carbocycles. The van der Waals surface area contributed by atoms with Crippen LogP contribution >= 0.6 is 15.9 Å². The molecule has 4 nitrogen and oxygen atoms in total. The third-order valence-corrected chi connectivity index (χ3v) is 2.32. The summed E-state index contributed by atoms with van der Waals surface area (Å²) < 4.78 is 2.65. The highest BCUT2D eigenvalue weighted by molar-refractivity contribution is 9.10. The minimum atomic E-state index is 0.784. The molecule has 5 heteroatoms. The van der Waals surface area contributed by atoms with E-state index in [1.165, 1.54) is 6.33 Å². The summed E-state index contributed by atoms with van der Waals surface area (Å²) in [5.41, 5.74) is 1.89. The summed E-state index contributed by atoms with van der Waals surface area (Å²) in [6.07, 6.45) is 5.30. The maximum atomic E-state index is 4.18. The maximum Gasteiger partial charge on any atom is 0.117 e. The van der Waals surface area contributed by atoms with E-state index in [0.717, 1.165) is 22.4 Å². The molecular weight excluding hydrogens is 244 g/mol. The van der Waals surface area contributed by atoms with E-state index >= 15 is 0 Å². The Bertz CT molecular complexity index is 438. The number of hydrogen-bond acceptors (Lipinski definition) is 3. The zero-order chi connectivity index (χ0) is 9.97. The van der Waals surface area contributed by atoms with E-state index in [0.29, 0.717) is 0 Å². The molecule has 72 valence electrons. The molecule has 2 aromatic rings. The molecule has 2 heterocycles. The third kappa shape index (κ3) is 1.82. The van der Waals surface area contributed by atoms with Crippen molar-refractivity contribution in [1.82, 2.24) is 19.7 Å². The van der Waals surface area contributed by atoms with Gasteiger partial charge >= 0.3 is 0 Å². The van der Waals surface area contributed by atoms with E-state index in [9.17, 15) is 0 Å². The van der Waals surface area contributed by atoms with Crippen molar-refractivity contribution >= 4 is 15.9 Å². The van der Waals surface area contributed by atoms with Crippen LogP contribution in [-0.2, 0) is 6.54 Å². The van der Waals surface area contributed by atoms with Gasteiger partial charge in [0.2, 0.25) is 0 Å². The maximum absolute atomic E-state index is 4.18. The summed E-state index contributed by atoms with van der Waals surface area (Å²) in [6, 6.07) is 1.87. The van der Waals surface area contributed by atoms with Crippen LogP contribution in [-0.4, -0.2) is 19.7 Å². The molecule has 0 aliphatic rings. The SMILES string of the molecule is CCn1cc(-c2cc(Br)ncn2)cn1. The quantitative estimate of drug-likeness (QED) is 0.770. The number of nitrogens with zero attached hydrogens (tertiary/aromatic N) is 4.